The molecule has 0 aliphatic heterocycles. The third-order valence-electron chi connectivity index (χ3n) is 3.57. The monoisotopic (exact) mass is 367 g/mol. The second kappa shape index (κ2) is 7.66. The predicted octanol–water partition coefficient (Wildman–Crippen LogP) is 4.13. The van der Waals surface area contributed by atoms with E-state index in [1.54, 1.807) is 24.3 Å². The minimum Gasteiger partial charge on any atom is -0.207 e. The highest BCUT2D eigenvalue weighted by molar-refractivity contribution is 7.89. The van der Waals surface area contributed by atoms with Crippen LogP contribution in [-0.2, 0) is 10.0 Å². The second-order valence-corrected chi connectivity index (χ2v) is 8.21. The first-order valence-corrected chi connectivity index (χ1v) is 10.1. The SMILES string of the molecule is Cc1ccc(S(=O)(=O)NC(C#Cc2ccccc2)c2cccs2)cc1. The summed E-state index contributed by atoms with van der Waals surface area (Å²) in [6.45, 7) is 1.92. The Hall–Kier alpha value is -2.39. The molecule has 0 aliphatic rings. The van der Waals surface area contributed by atoms with Gasteiger partial charge in [-0.25, -0.2) is 8.42 Å². The largest absolute Gasteiger partial charge is 0.241 e. The molecule has 126 valence electrons. The molecule has 0 saturated heterocycles. The molecule has 3 nitrogen and oxygen atoms in total. The van der Waals surface area contributed by atoms with Crippen molar-refractivity contribution in [1.29, 1.82) is 0 Å². The summed E-state index contributed by atoms with van der Waals surface area (Å²) in [4.78, 5) is 1.10. The number of thiophene rings is 1. The van der Waals surface area contributed by atoms with Crippen molar-refractivity contribution in [3.05, 3.63) is 88.1 Å². The summed E-state index contributed by atoms with van der Waals surface area (Å²) in [5.41, 5.74) is 1.86. The fourth-order valence-electron chi connectivity index (χ4n) is 2.23. The molecule has 25 heavy (non-hydrogen) atoms. The molecule has 2 aromatic carbocycles. The van der Waals surface area contributed by atoms with Gasteiger partial charge in [-0.15, -0.1) is 11.3 Å². The van der Waals surface area contributed by atoms with Gasteiger partial charge in [-0.3, -0.25) is 0 Å². The van der Waals surface area contributed by atoms with Gasteiger partial charge in [0.05, 0.1) is 4.90 Å². The molecular formula is C20H17NO2S2. The summed E-state index contributed by atoms with van der Waals surface area (Å²) in [5, 5.41) is 1.91. The maximum atomic E-state index is 12.7. The first-order valence-electron chi connectivity index (χ1n) is 7.73. The maximum absolute atomic E-state index is 12.7. The van der Waals surface area contributed by atoms with Crippen molar-refractivity contribution in [3.63, 3.8) is 0 Å². The fraction of sp³-hybridized carbons (Fsp3) is 0.100. The van der Waals surface area contributed by atoms with Crippen LogP contribution >= 0.6 is 11.3 Å². The van der Waals surface area contributed by atoms with E-state index < -0.39 is 16.1 Å². The molecule has 1 aromatic heterocycles. The van der Waals surface area contributed by atoms with Crippen molar-refractivity contribution in [2.75, 3.05) is 0 Å². The number of hydrogen-bond acceptors (Lipinski definition) is 3. The average molecular weight is 367 g/mol. The van der Waals surface area contributed by atoms with Gasteiger partial charge in [0.15, 0.2) is 0 Å². The Bertz CT molecular complexity index is 981. The van der Waals surface area contributed by atoms with Gasteiger partial charge >= 0.3 is 0 Å². The predicted molar refractivity (Wildman–Crippen MR) is 102 cm³/mol. The van der Waals surface area contributed by atoms with Crippen LogP contribution in [0, 0.1) is 18.8 Å². The van der Waals surface area contributed by atoms with Crippen LogP contribution in [0.25, 0.3) is 0 Å². The normalized spacial score (nSPS) is 12.2. The number of aryl methyl sites for hydroxylation is 1. The van der Waals surface area contributed by atoms with Gasteiger partial charge in [-0.05, 0) is 42.6 Å². The first-order chi connectivity index (χ1) is 12.0. The molecule has 0 spiro atoms. The van der Waals surface area contributed by atoms with Crippen molar-refractivity contribution in [2.24, 2.45) is 0 Å². The molecule has 0 saturated carbocycles. The second-order valence-electron chi connectivity index (χ2n) is 5.52. The summed E-state index contributed by atoms with van der Waals surface area (Å²) in [7, 11) is -3.65. The number of nitrogens with one attached hydrogen (secondary N) is 1. The van der Waals surface area contributed by atoms with Gasteiger partial charge in [-0.2, -0.15) is 4.72 Å². The molecule has 3 rings (SSSR count). The van der Waals surface area contributed by atoms with Gasteiger partial charge in [-0.1, -0.05) is 53.8 Å². The minimum absolute atomic E-state index is 0.237. The number of benzene rings is 2. The Morgan fingerprint density at radius 1 is 0.960 bits per heavy atom. The molecule has 0 radical (unpaired) electrons. The number of rotatable bonds is 4. The summed E-state index contributed by atoms with van der Waals surface area (Å²) < 4.78 is 28.1. The van der Waals surface area contributed by atoms with Crippen molar-refractivity contribution in [2.45, 2.75) is 17.9 Å². The van der Waals surface area contributed by atoms with Crippen molar-refractivity contribution >= 4 is 21.4 Å². The van der Waals surface area contributed by atoms with Crippen LogP contribution < -0.4 is 4.72 Å². The quantitative estimate of drug-likeness (QED) is 0.705. The lowest BCUT2D eigenvalue weighted by Crippen LogP contribution is -2.27. The van der Waals surface area contributed by atoms with E-state index in [2.05, 4.69) is 16.6 Å². The molecule has 0 amide bonds. The zero-order chi connectivity index (χ0) is 17.7. The van der Waals surface area contributed by atoms with Crippen LogP contribution in [0.1, 0.15) is 22.0 Å². The average Bonchev–Trinajstić information content (AvgIpc) is 3.14. The third kappa shape index (κ3) is 4.58. The minimum atomic E-state index is -3.65. The molecule has 0 aliphatic carbocycles. The third-order valence-corrected chi connectivity index (χ3v) is 5.94. The topological polar surface area (TPSA) is 46.2 Å². The molecule has 3 aromatic rings. The Kier molecular flexibility index (Phi) is 5.34. The van der Waals surface area contributed by atoms with E-state index in [0.29, 0.717) is 0 Å². The van der Waals surface area contributed by atoms with E-state index in [1.807, 2.05) is 54.8 Å². The van der Waals surface area contributed by atoms with Gasteiger partial charge in [0, 0.05) is 10.4 Å². The van der Waals surface area contributed by atoms with E-state index >= 15 is 0 Å². The van der Waals surface area contributed by atoms with Gasteiger partial charge in [0.25, 0.3) is 0 Å². The van der Waals surface area contributed by atoms with E-state index in [4.69, 9.17) is 0 Å². The molecule has 1 atom stereocenters. The van der Waals surface area contributed by atoms with Gasteiger partial charge in [0.1, 0.15) is 6.04 Å². The summed E-state index contributed by atoms with van der Waals surface area (Å²) in [5.74, 6) is 6.09. The van der Waals surface area contributed by atoms with E-state index in [-0.39, 0.29) is 4.90 Å². The lowest BCUT2D eigenvalue weighted by atomic mass is 10.2. The highest BCUT2D eigenvalue weighted by Gasteiger charge is 2.20. The van der Waals surface area contributed by atoms with Gasteiger partial charge in [0.2, 0.25) is 10.0 Å². The summed E-state index contributed by atoms with van der Waals surface area (Å²) >= 11 is 1.48. The maximum Gasteiger partial charge on any atom is 0.241 e. The van der Waals surface area contributed by atoms with E-state index in [9.17, 15) is 8.42 Å². The van der Waals surface area contributed by atoms with Crippen molar-refractivity contribution in [3.8, 4) is 11.8 Å². The van der Waals surface area contributed by atoms with Crippen LogP contribution in [0.4, 0.5) is 0 Å². The Morgan fingerprint density at radius 2 is 1.68 bits per heavy atom. The van der Waals surface area contributed by atoms with E-state index in [0.717, 1.165) is 16.0 Å². The van der Waals surface area contributed by atoms with Crippen LogP contribution in [0.5, 0.6) is 0 Å². The fourth-order valence-corrected chi connectivity index (χ4v) is 4.16. The number of hydrogen-bond donors (Lipinski definition) is 1. The molecule has 1 unspecified atom stereocenters. The molecular weight excluding hydrogens is 350 g/mol. The summed E-state index contributed by atoms with van der Waals surface area (Å²) in [6.07, 6.45) is 0. The Balaban J connectivity index is 1.91. The van der Waals surface area contributed by atoms with Crippen molar-refractivity contribution in [1.82, 2.24) is 4.72 Å². The first kappa shape index (κ1) is 17.4. The standard InChI is InChI=1S/C20H17NO2S2/c1-16-9-12-18(13-10-16)25(22,23)21-19(20-8-5-15-24-20)14-11-17-6-3-2-4-7-17/h2-10,12-13,15,19,21H,1H3. The zero-order valence-electron chi connectivity index (χ0n) is 13.6. The van der Waals surface area contributed by atoms with Crippen LogP contribution in [0.15, 0.2) is 77.0 Å². The molecule has 1 heterocycles. The van der Waals surface area contributed by atoms with Crippen LogP contribution in [0.3, 0.4) is 0 Å². The molecule has 5 heteroatoms. The van der Waals surface area contributed by atoms with Crippen LogP contribution in [-0.4, -0.2) is 8.42 Å². The number of sulfonamides is 1. The Morgan fingerprint density at radius 3 is 2.32 bits per heavy atom. The zero-order valence-corrected chi connectivity index (χ0v) is 15.3. The van der Waals surface area contributed by atoms with Crippen molar-refractivity contribution < 1.29 is 8.42 Å². The molecule has 0 bridgehead atoms. The lowest BCUT2D eigenvalue weighted by molar-refractivity contribution is 0.577. The highest BCUT2D eigenvalue weighted by Crippen LogP contribution is 2.21. The summed E-state index contributed by atoms with van der Waals surface area (Å²) in [6, 6.07) is 19.5. The highest BCUT2D eigenvalue weighted by atomic mass is 32.2. The lowest BCUT2D eigenvalue weighted by Gasteiger charge is -2.12. The van der Waals surface area contributed by atoms with Gasteiger partial charge < -0.3 is 0 Å². The molecule has 1 N–H and O–H groups in total. The van der Waals surface area contributed by atoms with Crippen LogP contribution in [0.2, 0.25) is 0 Å². The smallest absolute Gasteiger partial charge is 0.207 e. The van der Waals surface area contributed by atoms with E-state index in [1.165, 1.54) is 11.3 Å². The Labute approximate surface area is 152 Å². The molecule has 0 fully saturated rings.